The molecule has 1 saturated heterocycles. The summed E-state index contributed by atoms with van der Waals surface area (Å²) in [5, 5.41) is 7.77. The Morgan fingerprint density at radius 1 is 1.31 bits per heavy atom. The summed E-state index contributed by atoms with van der Waals surface area (Å²) >= 11 is 5.88. The number of piperidine rings is 1. The van der Waals surface area contributed by atoms with Crippen LogP contribution in [0.2, 0.25) is 5.02 Å². The fraction of sp³-hybridized carbons (Fsp3) is 0.526. The van der Waals surface area contributed by atoms with Crippen LogP contribution < -0.4 is 10.2 Å². The first-order valence-corrected chi connectivity index (χ1v) is 9.73. The van der Waals surface area contributed by atoms with Gasteiger partial charge in [0.05, 0.1) is 19.6 Å². The zero-order valence-corrected chi connectivity index (χ0v) is 15.9. The number of hydrogen-bond acceptors (Lipinski definition) is 4. The average molecular weight is 378 g/mol. The normalized spacial score (nSPS) is 20.1. The van der Waals surface area contributed by atoms with Crippen LogP contribution in [0, 0.1) is 0 Å². The second kappa shape index (κ2) is 9.14. The molecule has 0 saturated carbocycles. The van der Waals surface area contributed by atoms with Crippen molar-refractivity contribution in [2.24, 2.45) is 0 Å². The van der Waals surface area contributed by atoms with Crippen LogP contribution in [0.5, 0.6) is 0 Å². The largest absolute Gasteiger partial charge is 0.353 e. The molecule has 0 bridgehead atoms. The van der Waals surface area contributed by atoms with Gasteiger partial charge in [-0.05, 0) is 30.7 Å². The number of hydrogen-bond donors (Lipinski definition) is 2. The van der Waals surface area contributed by atoms with Crippen LogP contribution in [0.1, 0.15) is 38.5 Å². The molecule has 1 aliphatic heterocycles. The van der Waals surface area contributed by atoms with Gasteiger partial charge >= 0.3 is 0 Å². The highest BCUT2D eigenvalue weighted by atomic mass is 35.5. The van der Waals surface area contributed by atoms with E-state index in [-0.39, 0.29) is 5.91 Å². The van der Waals surface area contributed by atoms with Gasteiger partial charge in [0.15, 0.2) is 0 Å². The maximum absolute atomic E-state index is 12.2. The number of nitrogens with zero attached hydrogens (tertiary/aromatic N) is 2. The van der Waals surface area contributed by atoms with Crippen molar-refractivity contribution in [1.82, 2.24) is 15.5 Å². The van der Waals surface area contributed by atoms with Gasteiger partial charge in [0, 0.05) is 42.3 Å². The maximum atomic E-state index is 12.2. The molecule has 0 atom stereocenters. The number of aromatic nitrogens is 2. The summed E-state index contributed by atoms with van der Waals surface area (Å²) in [6.45, 7) is 5.74. The molecule has 140 valence electrons. The second-order valence-electron chi connectivity index (χ2n) is 6.86. The van der Waals surface area contributed by atoms with E-state index in [0.717, 1.165) is 31.5 Å². The summed E-state index contributed by atoms with van der Waals surface area (Å²) < 4.78 is 5.25. The molecule has 0 unspecified atom stereocenters. The molecule has 1 aromatic heterocycles. The quantitative estimate of drug-likeness (QED) is 0.773. The van der Waals surface area contributed by atoms with Crippen LogP contribution in [-0.4, -0.2) is 41.7 Å². The van der Waals surface area contributed by atoms with Crippen LogP contribution in [0.15, 0.2) is 28.8 Å². The number of carbonyl (C=O) groups excluding carboxylic acids is 1. The van der Waals surface area contributed by atoms with Gasteiger partial charge in [-0.3, -0.25) is 4.79 Å². The van der Waals surface area contributed by atoms with E-state index in [0.29, 0.717) is 35.6 Å². The van der Waals surface area contributed by atoms with Crippen LogP contribution in [-0.2, 0) is 11.2 Å². The third-order valence-corrected chi connectivity index (χ3v) is 5.05. The third-order valence-electron chi connectivity index (χ3n) is 4.80. The lowest BCUT2D eigenvalue weighted by molar-refractivity contribution is -0.905. The molecular formula is C19H26ClN4O2+. The Balaban J connectivity index is 1.43. The Morgan fingerprint density at radius 3 is 2.73 bits per heavy atom. The van der Waals surface area contributed by atoms with Gasteiger partial charge in [0.25, 0.3) is 0 Å². The Labute approximate surface area is 158 Å². The maximum Gasteiger partial charge on any atom is 0.227 e. The zero-order chi connectivity index (χ0) is 18.4. The van der Waals surface area contributed by atoms with Crippen molar-refractivity contribution in [3.05, 3.63) is 35.2 Å². The highest BCUT2D eigenvalue weighted by molar-refractivity contribution is 6.30. The Bertz CT molecular complexity index is 709. The smallest absolute Gasteiger partial charge is 0.227 e. The number of aryl methyl sites for hydroxylation is 1. The molecule has 26 heavy (non-hydrogen) atoms. The summed E-state index contributed by atoms with van der Waals surface area (Å²) in [4.78, 5) is 18.2. The van der Waals surface area contributed by atoms with Crippen LogP contribution in [0.3, 0.4) is 0 Å². The van der Waals surface area contributed by atoms with Crippen molar-refractivity contribution in [3.8, 4) is 11.4 Å². The predicted octanol–water partition coefficient (Wildman–Crippen LogP) is 1.90. The number of likely N-dealkylation sites (tertiary alicyclic amines) is 1. The molecule has 7 heteroatoms. The fourth-order valence-corrected chi connectivity index (χ4v) is 3.49. The summed E-state index contributed by atoms with van der Waals surface area (Å²) in [5.74, 6) is 1.05. The minimum absolute atomic E-state index is 0.0557. The van der Waals surface area contributed by atoms with Gasteiger partial charge in [-0.25, -0.2) is 0 Å². The number of carbonyl (C=O) groups is 1. The molecular weight excluding hydrogens is 352 g/mol. The van der Waals surface area contributed by atoms with Crippen LogP contribution in [0.4, 0.5) is 0 Å². The van der Waals surface area contributed by atoms with Gasteiger partial charge in [-0.15, -0.1) is 0 Å². The van der Waals surface area contributed by atoms with E-state index in [1.165, 1.54) is 13.0 Å². The molecule has 3 rings (SSSR count). The summed E-state index contributed by atoms with van der Waals surface area (Å²) in [7, 11) is 0. The molecule has 2 N–H and O–H groups in total. The lowest BCUT2D eigenvalue weighted by Gasteiger charge is -2.29. The molecule has 1 aliphatic rings. The SMILES string of the molecule is CCC[NH+]1CCC(NC(=O)CCc2nc(-c3ccc(Cl)cc3)no2)CC1. The standard InChI is InChI=1S/C19H25ClN4O2/c1-2-11-24-12-9-16(10-13-24)21-17(25)7-8-18-22-19(23-26-18)14-3-5-15(20)6-4-14/h3-6,16H,2,7-13H2,1H3,(H,21,25)/p+1. The highest BCUT2D eigenvalue weighted by Crippen LogP contribution is 2.19. The molecule has 2 heterocycles. The Kier molecular flexibility index (Phi) is 6.63. The van der Waals surface area contributed by atoms with Gasteiger partial charge in [0.2, 0.25) is 17.6 Å². The van der Waals surface area contributed by atoms with E-state index >= 15 is 0 Å². The van der Waals surface area contributed by atoms with E-state index in [4.69, 9.17) is 16.1 Å². The van der Waals surface area contributed by atoms with Crippen molar-refractivity contribution in [2.75, 3.05) is 19.6 Å². The van der Waals surface area contributed by atoms with Gasteiger partial charge in [0.1, 0.15) is 0 Å². The zero-order valence-electron chi connectivity index (χ0n) is 15.1. The molecule has 1 aromatic carbocycles. The lowest BCUT2D eigenvalue weighted by Crippen LogP contribution is -3.13. The van der Waals surface area contributed by atoms with E-state index in [2.05, 4.69) is 22.4 Å². The van der Waals surface area contributed by atoms with E-state index in [1.54, 1.807) is 17.0 Å². The molecule has 2 aromatic rings. The fourth-order valence-electron chi connectivity index (χ4n) is 3.37. The number of halogens is 1. The first-order chi connectivity index (χ1) is 12.6. The minimum Gasteiger partial charge on any atom is -0.353 e. The van der Waals surface area contributed by atoms with Crippen molar-refractivity contribution >= 4 is 17.5 Å². The number of benzene rings is 1. The molecule has 1 fully saturated rings. The monoisotopic (exact) mass is 377 g/mol. The minimum atomic E-state index is 0.0557. The highest BCUT2D eigenvalue weighted by Gasteiger charge is 2.22. The Hall–Kier alpha value is -1.92. The summed E-state index contributed by atoms with van der Waals surface area (Å²) in [6.07, 6.45) is 4.15. The number of rotatable bonds is 7. The van der Waals surface area contributed by atoms with Crippen LogP contribution >= 0.6 is 11.6 Å². The van der Waals surface area contributed by atoms with Gasteiger partial charge in [-0.2, -0.15) is 4.98 Å². The van der Waals surface area contributed by atoms with Gasteiger partial charge in [-0.1, -0.05) is 23.7 Å². The number of nitrogens with one attached hydrogen (secondary N) is 2. The first-order valence-electron chi connectivity index (χ1n) is 9.35. The van der Waals surface area contributed by atoms with E-state index < -0.39 is 0 Å². The lowest BCUT2D eigenvalue weighted by atomic mass is 10.0. The van der Waals surface area contributed by atoms with E-state index in [1.807, 2.05) is 12.1 Å². The molecule has 0 spiro atoms. The van der Waals surface area contributed by atoms with Crippen molar-refractivity contribution in [3.63, 3.8) is 0 Å². The molecule has 0 aliphatic carbocycles. The molecule has 0 radical (unpaired) electrons. The van der Waals surface area contributed by atoms with Crippen molar-refractivity contribution in [2.45, 2.75) is 45.1 Å². The average Bonchev–Trinajstić information content (AvgIpc) is 3.11. The molecule has 1 amide bonds. The topological polar surface area (TPSA) is 72.5 Å². The van der Waals surface area contributed by atoms with Crippen LogP contribution in [0.25, 0.3) is 11.4 Å². The first kappa shape index (κ1) is 18.9. The molecule has 6 nitrogen and oxygen atoms in total. The number of quaternary nitrogens is 1. The predicted molar refractivity (Wildman–Crippen MR) is 100 cm³/mol. The summed E-state index contributed by atoms with van der Waals surface area (Å²) in [6, 6.07) is 7.56. The van der Waals surface area contributed by atoms with Crippen molar-refractivity contribution < 1.29 is 14.2 Å². The third kappa shape index (κ3) is 5.29. The number of amides is 1. The Morgan fingerprint density at radius 2 is 2.04 bits per heavy atom. The van der Waals surface area contributed by atoms with E-state index in [9.17, 15) is 4.79 Å². The summed E-state index contributed by atoms with van der Waals surface area (Å²) in [5.41, 5.74) is 0.843. The second-order valence-corrected chi connectivity index (χ2v) is 7.30. The van der Waals surface area contributed by atoms with Crippen molar-refractivity contribution in [1.29, 1.82) is 0 Å². The van der Waals surface area contributed by atoms with Gasteiger partial charge < -0.3 is 14.7 Å².